The van der Waals surface area contributed by atoms with Gasteiger partial charge in [0.05, 0.1) is 6.54 Å². The molecule has 20 heavy (non-hydrogen) atoms. The summed E-state index contributed by atoms with van der Waals surface area (Å²) >= 11 is 0. The van der Waals surface area contributed by atoms with E-state index in [-0.39, 0.29) is 0 Å². The highest BCUT2D eigenvalue weighted by atomic mass is 16.3. The van der Waals surface area contributed by atoms with Gasteiger partial charge in [-0.3, -0.25) is 0 Å². The molecule has 0 radical (unpaired) electrons. The van der Waals surface area contributed by atoms with Gasteiger partial charge in [0, 0.05) is 10.9 Å². The summed E-state index contributed by atoms with van der Waals surface area (Å²) < 4.78 is 6.22. The molecule has 0 saturated carbocycles. The second-order valence-electron chi connectivity index (χ2n) is 6.20. The van der Waals surface area contributed by atoms with Crippen LogP contribution in [-0.2, 0) is 6.54 Å². The van der Waals surface area contributed by atoms with Crippen molar-refractivity contribution >= 4 is 11.0 Å². The van der Waals surface area contributed by atoms with E-state index in [0.717, 1.165) is 24.4 Å². The predicted molar refractivity (Wildman–Crippen MR) is 86.5 cm³/mol. The largest absolute Gasteiger partial charge is 0.459 e. The van der Waals surface area contributed by atoms with Crippen molar-refractivity contribution in [2.24, 2.45) is 0 Å². The fourth-order valence-electron chi connectivity index (χ4n) is 2.89. The molecule has 0 amide bonds. The van der Waals surface area contributed by atoms with Crippen molar-refractivity contribution in [2.45, 2.75) is 59.9 Å². The first-order chi connectivity index (χ1) is 9.47. The molecule has 1 aromatic carbocycles. The van der Waals surface area contributed by atoms with E-state index in [9.17, 15) is 0 Å². The molecule has 0 spiro atoms. The minimum Gasteiger partial charge on any atom is -0.459 e. The highest BCUT2D eigenvalue weighted by molar-refractivity contribution is 5.89. The van der Waals surface area contributed by atoms with E-state index in [4.69, 9.17) is 4.42 Å². The molecule has 110 valence electrons. The van der Waals surface area contributed by atoms with Crippen LogP contribution in [0.1, 0.15) is 68.9 Å². The third-order valence-electron chi connectivity index (χ3n) is 3.92. The Kier molecular flexibility index (Phi) is 4.54. The van der Waals surface area contributed by atoms with E-state index in [1.54, 1.807) is 0 Å². The van der Waals surface area contributed by atoms with E-state index >= 15 is 0 Å². The highest BCUT2D eigenvalue weighted by Gasteiger charge is 2.21. The molecule has 0 aliphatic rings. The molecular weight excluding hydrogens is 246 g/mol. The average molecular weight is 273 g/mol. The third-order valence-corrected chi connectivity index (χ3v) is 3.92. The lowest BCUT2D eigenvalue weighted by Crippen LogP contribution is -2.12. The number of rotatable bonds is 5. The smallest absolute Gasteiger partial charge is 0.137 e. The Morgan fingerprint density at radius 2 is 1.80 bits per heavy atom. The molecule has 0 aliphatic carbocycles. The highest BCUT2D eigenvalue weighted by Crippen LogP contribution is 2.38. The average Bonchev–Trinajstić information content (AvgIpc) is 2.76. The molecule has 1 heterocycles. The van der Waals surface area contributed by atoms with E-state index in [2.05, 4.69) is 59.0 Å². The Hall–Kier alpha value is -1.28. The summed E-state index contributed by atoms with van der Waals surface area (Å²) in [5.74, 6) is 2.09. The van der Waals surface area contributed by atoms with Gasteiger partial charge in [0.15, 0.2) is 0 Å². The summed E-state index contributed by atoms with van der Waals surface area (Å²) in [6.45, 7) is 15.1. The van der Waals surface area contributed by atoms with Gasteiger partial charge in [0.2, 0.25) is 0 Å². The zero-order valence-corrected chi connectivity index (χ0v) is 13.6. The standard InChI is InChI=1S/C18H27NO/c1-7-19-10-15-16(12(4)5)17-14(11(2)3)9-8-13(6)18(17)20-15/h8-9,11-12,19H,7,10H2,1-6H3. The maximum Gasteiger partial charge on any atom is 0.137 e. The summed E-state index contributed by atoms with van der Waals surface area (Å²) in [4.78, 5) is 0. The summed E-state index contributed by atoms with van der Waals surface area (Å²) in [6, 6.07) is 4.45. The van der Waals surface area contributed by atoms with Crippen molar-refractivity contribution in [3.05, 3.63) is 34.6 Å². The number of nitrogens with one attached hydrogen (secondary N) is 1. The van der Waals surface area contributed by atoms with Crippen LogP contribution in [0.25, 0.3) is 11.0 Å². The summed E-state index contributed by atoms with van der Waals surface area (Å²) in [5.41, 5.74) is 5.09. The number of hydrogen-bond donors (Lipinski definition) is 1. The first kappa shape index (κ1) is 15.1. The molecule has 0 atom stereocenters. The Morgan fingerprint density at radius 1 is 1.10 bits per heavy atom. The summed E-state index contributed by atoms with van der Waals surface area (Å²) in [6.07, 6.45) is 0. The van der Waals surface area contributed by atoms with Gasteiger partial charge in [0.25, 0.3) is 0 Å². The summed E-state index contributed by atoms with van der Waals surface area (Å²) in [5, 5.41) is 4.75. The third kappa shape index (κ3) is 2.62. The minimum atomic E-state index is 0.476. The molecule has 0 fully saturated rings. The molecular formula is C18H27NO. The molecule has 0 unspecified atom stereocenters. The fourth-order valence-corrected chi connectivity index (χ4v) is 2.89. The molecule has 2 rings (SSSR count). The van der Waals surface area contributed by atoms with Gasteiger partial charge in [-0.05, 0) is 36.4 Å². The van der Waals surface area contributed by atoms with Crippen LogP contribution in [-0.4, -0.2) is 6.54 Å². The zero-order valence-electron chi connectivity index (χ0n) is 13.6. The van der Waals surface area contributed by atoms with Crippen molar-refractivity contribution in [1.82, 2.24) is 5.32 Å². The van der Waals surface area contributed by atoms with E-state index in [0.29, 0.717) is 11.8 Å². The normalized spacial score (nSPS) is 12.0. The molecule has 2 aromatic rings. The van der Waals surface area contributed by atoms with Crippen molar-refractivity contribution in [3.8, 4) is 0 Å². The molecule has 2 heteroatoms. The van der Waals surface area contributed by atoms with Gasteiger partial charge in [-0.25, -0.2) is 0 Å². The maximum atomic E-state index is 6.22. The van der Waals surface area contributed by atoms with E-state index in [1.165, 1.54) is 22.1 Å². The van der Waals surface area contributed by atoms with Gasteiger partial charge in [0.1, 0.15) is 11.3 Å². The number of hydrogen-bond acceptors (Lipinski definition) is 2. The van der Waals surface area contributed by atoms with Gasteiger partial charge in [-0.1, -0.05) is 46.8 Å². The lowest BCUT2D eigenvalue weighted by molar-refractivity contribution is 0.509. The number of aryl methyl sites for hydroxylation is 1. The van der Waals surface area contributed by atoms with Crippen LogP contribution >= 0.6 is 0 Å². The zero-order chi connectivity index (χ0) is 14.9. The topological polar surface area (TPSA) is 25.2 Å². The quantitative estimate of drug-likeness (QED) is 0.820. The second-order valence-corrected chi connectivity index (χ2v) is 6.20. The van der Waals surface area contributed by atoms with Gasteiger partial charge in [-0.15, -0.1) is 0 Å². The van der Waals surface area contributed by atoms with Crippen LogP contribution in [0.3, 0.4) is 0 Å². The lowest BCUT2D eigenvalue weighted by atomic mass is 9.90. The van der Waals surface area contributed by atoms with Crippen LogP contribution in [0.4, 0.5) is 0 Å². The first-order valence-electron chi connectivity index (χ1n) is 7.72. The van der Waals surface area contributed by atoms with Crippen LogP contribution in [0, 0.1) is 6.92 Å². The fraction of sp³-hybridized carbons (Fsp3) is 0.556. The molecule has 0 aliphatic heterocycles. The van der Waals surface area contributed by atoms with Crippen molar-refractivity contribution in [2.75, 3.05) is 6.54 Å². The van der Waals surface area contributed by atoms with Gasteiger partial charge >= 0.3 is 0 Å². The Morgan fingerprint density at radius 3 is 2.35 bits per heavy atom. The van der Waals surface area contributed by atoms with Gasteiger partial charge in [-0.2, -0.15) is 0 Å². The summed E-state index contributed by atoms with van der Waals surface area (Å²) in [7, 11) is 0. The van der Waals surface area contributed by atoms with Crippen LogP contribution in [0.2, 0.25) is 0 Å². The number of fused-ring (bicyclic) bond motifs is 1. The van der Waals surface area contributed by atoms with Gasteiger partial charge < -0.3 is 9.73 Å². The van der Waals surface area contributed by atoms with Crippen molar-refractivity contribution in [1.29, 1.82) is 0 Å². The van der Waals surface area contributed by atoms with Crippen LogP contribution < -0.4 is 5.32 Å². The van der Waals surface area contributed by atoms with Crippen LogP contribution in [0.15, 0.2) is 16.5 Å². The van der Waals surface area contributed by atoms with Crippen molar-refractivity contribution in [3.63, 3.8) is 0 Å². The first-order valence-corrected chi connectivity index (χ1v) is 7.72. The Labute approximate surface area is 122 Å². The Bertz CT molecular complexity index is 593. The number of benzene rings is 1. The van der Waals surface area contributed by atoms with E-state index < -0.39 is 0 Å². The Balaban J connectivity index is 2.73. The molecule has 1 N–H and O–H groups in total. The molecule has 1 aromatic heterocycles. The molecule has 2 nitrogen and oxygen atoms in total. The molecule has 0 bridgehead atoms. The predicted octanol–water partition coefficient (Wildman–Crippen LogP) is 5.10. The van der Waals surface area contributed by atoms with Crippen molar-refractivity contribution < 1.29 is 4.42 Å². The SMILES string of the molecule is CCNCc1oc2c(C)ccc(C(C)C)c2c1C(C)C. The van der Waals surface area contributed by atoms with E-state index in [1.807, 2.05) is 0 Å². The molecule has 0 saturated heterocycles. The maximum absolute atomic E-state index is 6.22. The second kappa shape index (κ2) is 6.01. The monoisotopic (exact) mass is 273 g/mol. The minimum absolute atomic E-state index is 0.476. The van der Waals surface area contributed by atoms with Crippen LogP contribution in [0.5, 0.6) is 0 Å². The number of furan rings is 1. The lowest BCUT2D eigenvalue weighted by Gasteiger charge is -2.12.